The summed E-state index contributed by atoms with van der Waals surface area (Å²) in [6.45, 7) is 6.59. The van der Waals surface area contributed by atoms with Crippen LogP contribution in [0.1, 0.15) is 56.8 Å². The van der Waals surface area contributed by atoms with Gasteiger partial charge in [-0.1, -0.05) is 20.8 Å². The van der Waals surface area contributed by atoms with E-state index < -0.39 is 29.5 Å². The molecule has 1 atom stereocenters. The minimum absolute atomic E-state index is 0.0115. The molecule has 3 rings (SSSR count). The molecule has 1 amide bonds. The number of hydrogen-bond donors (Lipinski definition) is 1. The molecule has 26 heavy (non-hydrogen) atoms. The molecular weight excluding hydrogens is 337 g/mol. The molecule has 142 valence electrons. The monoisotopic (exact) mass is 363 g/mol. The number of ether oxygens (including phenoxy) is 1. The maximum absolute atomic E-state index is 13.2. The van der Waals surface area contributed by atoms with Crippen molar-refractivity contribution in [3.63, 3.8) is 0 Å². The van der Waals surface area contributed by atoms with Gasteiger partial charge in [-0.05, 0) is 61.3 Å². The predicted octanol–water partition coefficient (Wildman–Crippen LogP) is 3.68. The average Bonchev–Trinajstić information content (AvgIpc) is 2.93. The van der Waals surface area contributed by atoms with E-state index in [0.717, 1.165) is 12.8 Å². The second kappa shape index (κ2) is 6.65. The Balaban J connectivity index is 1.89. The smallest absolute Gasteiger partial charge is 0.328 e. The summed E-state index contributed by atoms with van der Waals surface area (Å²) in [5.74, 6) is -1.42. The first-order chi connectivity index (χ1) is 12.1. The highest BCUT2D eigenvalue weighted by molar-refractivity contribution is 5.97. The van der Waals surface area contributed by atoms with Gasteiger partial charge < -0.3 is 9.84 Å². The zero-order chi connectivity index (χ0) is 19.1. The number of halogens is 1. The fourth-order valence-electron chi connectivity index (χ4n) is 4.22. The molecule has 1 saturated carbocycles. The Bertz CT molecular complexity index is 687. The normalized spacial score (nSPS) is 29.2. The van der Waals surface area contributed by atoms with Crippen molar-refractivity contribution in [1.29, 1.82) is 0 Å². The number of carboxylic acids is 1. The average molecular weight is 363 g/mol. The molecular formula is C20H26FNO4. The predicted molar refractivity (Wildman–Crippen MR) is 94.1 cm³/mol. The Labute approximate surface area is 153 Å². The van der Waals surface area contributed by atoms with Crippen molar-refractivity contribution in [3.8, 4) is 0 Å². The molecule has 1 aliphatic heterocycles. The van der Waals surface area contributed by atoms with Gasteiger partial charge in [-0.15, -0.1) is 0 Å². The van der Waals surface area contributed by atoms with E-state index in [1.807, 2.05) is 0 Å². The number of carboxylic acid groups (broad SMARTS) is 1. The summed E-state index contributed by atoms with van der Waals surface area (Å²) in [6, 6.07) is 4.19. The van der Waals surface area contributed by atoms with Crippen LogP contribution >= 0.6 is 0 Å². The maximum atomic E-state index is 13.2. The Kier molecular flexibility index (Phi) is 4.82. The number of amides is 1. The molecule has 0 radical (unpaired) electrons. The first-order valence-corrected chi connectivity index (χ1v) is 9.10. The Hall–Kier alpha value is -1.95. The lowest BCUT2D eigenvalue weighted by Gasteiger charge is -2.46. The van der Waals surface area contributed by atoms with E-state index in [2.05, 4.69) is 20.8 Å². The van der Waals surface area contributed by atoms with Crippen LogP contribution in [0.25, 0.3) is 0 Å². The van der Waals surface area contributed by atoms with Crippen molar-refractivity contribution >= 4 is 11.9 Å². The number of carbonyl (C=O) groups is 2. The largest absolute Gasteiger partial charge is 0.480 e. The van der Waals surface area contributed by atoms with E-state index in [4.69, 9.17) is 4.74 Å². The molecule has 6 heteroatoms. The highest BCUT2D eigenvalue weighted by Gasteiger charge is 2.54. The number of rotatable bonds is 2. The molecule has 1 aliphatic carbocycles. The summed E-state index contributed by atoms with van der Waals surface area (Å²) in [6.07, 6.45) is 2.99. The van der Waals surface area contributed by atoms with Crippen molar-refractivity contribution in [2.45, 2.75) is 58.2 Å². The van der Waals surface area contributed by atoms with Crippen molar-refractivity contribution in [3.05, 3.63) is 35.6 Å². The highest BCUT2D eigenvalue weighted by atomic mass is 19.1. The zero-order valence-electron chi connectivity index (χ0n) is 15.5. The molecule has 0 unspecified atom stereocenters. The second-order valence-electron chi connectivity index (χ2n) is 8.43. The Morgan fingerprint density at radius 1 is 1.19 bits per heavy atom. The van der Waals surface area contributed by atoms with Crippen molar-refractivity contribution in [1.82, 2.24) is 4.90 Å². The molecule has 0 bridgehead atoms. The molecule has 1 heterocycles. The van der Waals surface area contributed by atoms with Crippen LogP contribution in [-0.4, -0.2) is 40.3 Å². The number of benzene rings is 1. The third-order valence-electron chi connectivity index (χ3n) is 5.85. The number of nitrogens with zero attached hydrogens (tertiary/aromatic N) is 1. The Morgan fingerprint density at radius 3 is 2.27 bits per heavy atom. The van der Waals surface area contributed by atoms with Crippen molar-refractivity contribution in [2.75, 3.05) is 6.61 Å². The van der Waals surface area contributed by atoms with Gasteiger partial charge in [-0.2, -0.15) is 0 Å². The quantitative estimate of drug-likeness (QED) is 0.870. The van der Waals surface area contributed by atoms with Gasteiger partial charge in [0.1, 0.15) is 11.5 Å². The van der Waals surface area contributed by atoms with Crippen molar-refractivity contribution < 1.29 is 23.8 Å². The van der Waals surface area contributed by atoms with Gasteiger partial charge in [-0.3, -0.25) is 9.69 Å². The summed E-state index contributed by atoms with van der Waals surface area (Å²) in [4.78, 5) is 26.2. The molecule has 1 spiro atoms. The molecule has 2 aliphatic rings. The zero-order valence-corrected chi connectivity index (χ0v) is 15.5. The standard InChI is InChI=1S/C20H26FNO4/c1-19(2,3)14-8-10-20(11-9-14)22(16(12-26-20)18(24)25)17(23)13-4-6-15(21)7-5-13/h4-7,14,16H,8-12H2,1-3H3,(H,24,25)/t14?,16-,20?/m0/s1. The number of aliphatic carboxylic acids is 1. The van der Waals surface area contributed by atoms with Crippen LogP contribution < -0.4 is 0 Å². The minimum atomic E-state index is -1.07. The summed E-state index contributed by atoms with van der Waals surface area (Å²) in [5.41, 5.74) is -0.436. The van der Waals surface area contributed by atoms with Crippen LogP contribution in [0.3, 0.4) is 0 Å². The van der Waals surface area contributed by atoms with Crippen LogP contribution in [0.5, 0.6) is 0 Å². The van der Waals surface area contributed by atoms with Crippen LogP contribution in [-0.2, 0) is 9.53 Å². The summed E-state index contributed by atoms with van der Waals surface area (Å²) < 4.78 is 19.1. The van der Waals surface area contributed by atoms with E-state index in [9.17, 15) is 19.1 Å². The van der Waals surface area contributed by atoms with Gasteiger partial charge >= 0.3 is 5.97 Å². The molecule has 1 saturated heterocycles. The fourth-order valence-corrected chi connectivity index (χ4v) is 4.22. The highest BCUT2D eigenvalue weighted by Crippen LogP contribution is 2.47. The van der Waals surface area contributed by atoms with E-state index in [0.29, 0.717) is 18.8 Å². The van der Waals surface area contributed by atoms with Crippen LogP contribution in [0.2, 0.25) is 0 Å². The first-order valence-electron chi connectivity index (χ1n) is 9.10. The first kappa shape index (κ1) is 18.8. The minimum Gasteiger partial charge on any atom is -0.480 e. The lowest BCUT2D eigenvalue weighted by molar-refractivity contribution is -0.144. The molecule has 5 nitrogen and oxygen atoms in total. The molecule has 0 aromatic heterocycles. The van der Waals surface area contributed by atoms with E-state index in [1.54, 1.807) is 0 Å². The van der Waals surface area contributed by atoms with Gasteiger partial charge in [-0.25, -0.2) is 9.18 Å². The van der Waals surface area contributed by atoms with Crippen LogP contribution in [0, 0.1) is 17.2 Å². The summed E-state index contributed by atoms with van der Waals surface area (Å²) >= 11 is 0. The number of hydrogen-bond acceptors (Lipinski definition) is 3. The molecule has 2 fully saturated rings. The second-order valence-corrected chi connectivity index (χ2v) is 8.43. The van der Waals surface area contributed by atoms with Gasteiger partial charge in [0.2, 0.25) is 0 Å². The summed E-state index contributed by atoms with van der Waals surface area (Å²) in [7, 11) is 0. The van der Waals surface area contributed by atoms with Gasteiger partial charge in [0.25, 0.3) is 5.91 Å². The number of carbonyl (C=O) groups excluding carboxylic acids is 1. The van der Waals surface area contributed by atoms with Gasteiger partial charge in [0.15, 0.2) is 6.04 Å². The van der Waals surface area contributed by atoms with E-state index in [-0.39, 0.29) is 17.6 Å². The van der Waals surface area contributed by atoms with Crippen LogP contribution in [0.15, 0.2) is 24.3 Å². The van der Waals surface area contributed by atoms with E-state index in [1.165, 1.54) is 29.2 Å². The van der Waals surface area contributed by atoms with E-state index >= 15 is 0 Å². The lowest BCUT2D eigenvalue weighted by Crippen LogP contribution is -2.55. The molecule has 1 aromatic carbocycles. The maximum Gasteiger partial charge on any atom is 0.328 e. The molecule has 1 aromatic rings. The molecule has 1 N–H and O–H groups in total. The lowest BCUT2D eigenvalue weighted by atomic mass is 9.70. The SMILES string of the molecule is CC(C)(C)C1CCC2(CC1)OC[C@@H](C(=O)O)N2C(=O)c1ccc(F)cc1. The fraction of sp³-hybridized carbons (Fsp3) is 0.600. The third kappa shape index (κ3) is 3.34. The third-order valence-corrected chi connectivity index (χ3v) is 5.85. The van der Waals surface area contributed by atoms with Crippen LogP contribution in [0.4, 0.5) is 4.39 Å². The van der Waals surface area contributed by atoms with Gasteiger partial charge in [0.05, 0.1) is 6.61 Å². The van der Waals surface area contributed by atoms with Gasteiger partial charge in [0, 0.05) is 5.56 Å². The summed E-state index contributed by atoms with van der Waals surface area (Å²) in [5, 5.41) is 9.58. The topological polar surface area (TPSA) is 66.8 Å². The van der Waals surface area contributed by atoms with Crippen molar-refractivity contribution in [2.24, 2.45) is 11.3 Å². The Morgan fingerprint density at radius 2 is 1.77 bits per heavy atom.